The predicted octanol–water partition coefficient (Wildman–Crippen LogP) is 0.297. The fourth-order valence-electron chi connectivity index (χ4n) is 1.81. The molecule has 0 aliphatic carbocycles. The molecule has 20 heavy (non-hydrogen) atoms. The summed E-state index contributed by atoms with van der Waals surface area (Å²) in [6, 6.07) is 1.40. The molecule has 0 bridgehead atoms. The number of carbonyl (C=O) groups excluding carboxylic acids is 1. The number of hydrogen-bond donors (Lipinski definition) is 0. The molecular formula is C11H13ClN2O5S. The van der Waals surface area contributed by atoms with Crippen molar-refractivity contribution >= 4 is 27.6 Å². The van der Waals surface area contributed by atoms with Crippen molar-refractivity contribution < 1.29 is 22.7 Å². The van der Waals surface area contributed by atoms with Crippen molar-refractivity contribution in [3.05, 3.63) is 23.5 Å². The van der Waals surface area contributed by atoms with Gasteiger partial charge in [-0.15, -0.1) is 0 Å². The van der Waals surface area contributed by atoms with E-state index in [1.807, 2.05) is 0 Å². The summed E-state index contributed by atoms with van der Waals surface area (Å²) in [6.07, 6.45) is 1.65. The fourth-order valence-corrected chi connectivity index (χ4v) is 3.64. The second-order valence-corrected chi connectivity index (χ2v) is 6.37. The van der Waals surface area contributed by atoms with E-state index >= 15 is 0 Å². The molecule has 1 saturated heterocycles. The van der Waals surface area contributed by atoms with Gasteiger partial charge in [0, 0.05) is 18.9 Å². The van der Waals surface area contributed by atoms with Crippen LogP contribution in [-0.2, 0) is 24.3 Å². The maximum Gasteiger partial charge on any atom is 0.336 e. The highest BCUT2D eigenvalue weighted by Gasteiger charge is 2.35. The Morgan fingerprint density at radius 1 is 1.60 bits per heavy atom. The Labute approximate surface area is 121 Å². The van der Waals surface area contributed by atoms with Gasteiger partial charge in [-0.05, 0) is 6.07 Å². The van der Waals surface area contributed by atoms with Crippen LogP contribution in [0.25, 0.3) is 0 Å². The van der Waals surface area contributed by atoms with Crippen LogP contribution >= 0.6 is 11.6 Å². The van der Waals surface area contributed by atoms with Crippen molar-refractivity contribution in [2.75, 3.05) is 26.8 Å². The molecule has 0 spiro atoms. The molecule has 1 atom stereocenters. The predicted molar refractivity (Wildman–Crippen MR) is 69.8 cm³/mol. The number of ether oxygens (including phenoxy) is 2. The van der Waals surface area contributed by atoms with E-state index in [0.717, 1.165) is 4.31 Å². The lowest BCUT2D eigenvalue weighted by Crippen LogP contribution is -2.48. The summed E-state index contributed by atoms with van der Waals surface area (Å²) in [5, 5.41) is 0.0844. The lowest BCUT2D eigenvalue weighted by atomic mass is 10.3. The number of rotatable bonds is 3. The summed E-state index contributed by atoms with van der Waals surface area (Å²) >= 11 is 5.89. The summed E-state index contributed by atoms with van der Waals surface area (Å²) in [6.45, 7) is 0.137. The number of nitrogens with zero attached hydrogens (tertiary/aromatic N) is 2. The van der Waals surface area contributed by atoms with Crippen LogP contribution in [0.5, 0.6) is 0 Å². The molecule has 1 aliphatic rings. The highest BCUT2D eigenvalue weighted by molar-refractivity contribution is 7.89. The van der Waals surface area contributed by atoms with Gasteiger partial charge in [-0.1, -0.05) is 11.6 Å². The molecule has 1 fully saturated rings. The van der Waals surface area contributed by atoms with Crippen molar-refractivity contribution in [2.24, 2.45) is 0 Å². The van der Waals surface area contributed by atoms with E-state index in [-0.39, 0.29) is 29.6 Å². The number of halogens is 1. The number of aromatic nitrogens is 1. The Balaban J connectivity index is 2.26. The van der Waals surface area contributed by atoms with E-state index in [1.54, 1.807) is 0 Å². The Morgan fingerprint density at radius 3 is 3.00 bits per heavy atom. The molecule has 0 saturated carbocycles. The molecule has 1 aliphatic heterocycles. The maximum atomic E-state index is 12.5. The largest absolute Gasteiger partial charge is 0.467 e. The Morgan fingerprint density at radius 2 is 2.35 bits per heavy atom. The van der Waals surface area contributed by atoms with Gasteiger partial charge in [-0.25, -0.2) is 13.2 Å². The van der Waals surface area contributed by atoms with Crippen LogP contribution < -0.4 is 0 Å². The molecule has 0 amide bonds. The van der Waals surface area contributed by atoms with E-state index in [0.29, 0.717) is 0 Å². The lowest BCUT2D eigenvalue weighted by molar-refractivity contribution is -0.157. The summed E-state index contributed by atoms with van der Waals surface area (Å²) in [7, 11) is -2.60. The SMILES string of the molecule is COC(=O)C1CN(S(=O)(=O)c2cnccc2Cl)CCO1. The fraction of sp³-hybridized carbons (Fsp3) is 0.455. The Kier molecular flexibility index (Phi) is 4.59. The quantitative estimate of drug-likeness (QED) is 0.744. The molecule has 1 unspecified atom stereocenters. The molecule has 110 valence electrons. The summed E-state index contributed by atoms with van der Waals surface area (Å²) < 4.78 is 35.8. The minimum absolute atomic E-state index is 0.0844. The number of pyridine rings is 1. The van der Waals surface area contributed by atoms with Gasteiger partial charge in [0.2, 0.25) is 10.0 Å². The van der Waals surface area contributed by atoms with Gasteiger partial charge in [-0.3, -0.25) is 4.98 Å². The van der Waals surface area contributed by atoms with Crippen molar-refractivity contribution in [1.82, 2.24) is 9.29 Å². The van der Waals surface area contributed by atoms with Gasteiger partial charge in [0.1, 0.15) is 4.90 Å². The normalized spacial score (nSPS) is 20.6. The molecular weight excluding hydrogens is 308 g/mol. The monoisotopic (exact) mass is 320 g/mol. The zero-order valence-corrected chi connectivity index (χ0v) is 12.2. The topological polar surface area (TPSA) is 85.8 Å². The minimum Gasteiger partial charge on any atom is -0.467 e. The first-order valence-corrected chi connectivity index (χ1v) is 7.57. The highest BCUT2D eigenvalue weighted by atomic mass is 35.5. The van der Waals surface area contributed by atoms with Crippen LogP contribution in [-0.4, -0.2) is 56.6 Å². The van der Waals surface area contributed by atoms with Crippen LogP contribution in [0.4, 0.5) is 0 Å². The molecule has 2 heterocycles. The third-order valence-electron chi connectivity index (χ3n) is 2.85. The number of esters is 1. The molecule has 9 heteroatoms. The molecule has 0 aromatic carbocycles. The number of carbonyl (C=O) groups is 1. The van der Waals surface area contributed by atoms with E-state index in [2.05, 4.69) is 9.72 Å². The molecule has 0 radical (unpaired) electrons. The highest BCUT2D eigenvalue weighted by Crippen LogP contribution is 2.24. The smallest absolute Gasteiger partial charge is 0.336 e. The van der Waals surface area contributed by atoms with Crippen molar-refractivity contribution in [3.8, 4) is 0 Å². The summed E-state index contributed by atoms with van der Waals surface area (Å²) in [5.74, 6) is -0.609. The number of morpholine rings is 1. The number of hydrogen-bond acceptors (Lipinski definition) is 6. The molecule has 1 aromatic rings. The van der Waals surface area contributed by atoms with Crippen LogP contribution in [0.15, 0.2) is 23.4 Å². The molecule has 7 nitrogen and oxygen atoms in total. The van der Waals surface area contributed by atoms with Gasteiger partial charge in [0.25, 0.3) is 0 Å². The van der Waals surface area contributed by atoms with E-state index in [9.17, 15) is 13.2 Å². The van der Waals surface area contributed by atoms with Gasteiger partial charge >= 0.3 is 5.97 Å². The average molecular weight is 321 g/mol. The maximum absolute atomic E-state index is 12.5. The Bertz CT molecular complexity index is 607. The zero-order chi connectivity index (χ0) is 14.8. The molecule has 1 aromatic heterocycles. The first kappa shape index (κ1) is 15.2. The average Bonchev–Trinajstić information content (AvgIpc) is 2.47. The summed E-state index contributed by atoms with van der Waals surface area (Å²) in [4.78, 5) is 15.1. The molecule has 0 N–H and O–H groups in total. The van der Waals surface area contributed by atoms with E-state index < -0.39 is 22.1 Å². The summed E-state index contributed by atoms with van der Waals surface area (Å²) in [5.41, 5.74) is 0. The van der Waals surface area contributed by atoms with Gasteiger partial charge in [-0.2, -0.15) is 4.31 Å². The third kappa shape index (κ3) is 2.93. The van der Waals surface area contributed by atoms with Crippen LogP contribution in [0.3, 0.4) is 0 Å². The van der Waals surface area contributed by atoms with Gasteiger partial charge < -0.3 is 9.47 Å². The van der Waals surface area contributed by atoms with Gasteiger partial charge in [0.15, 0.2) is 6.10 Å². The first-order valence-electron chi connectivity index (χ1n) is 5.76. The minimum atomic E-state index is -3.82. The van der Waals surface area contributed by atoms with Crippen molar-refractivity contribution in [3.63, 3.8) is 0 Å². The zero-order valence-electron chi connectivity index (χ0n) is 10.7. The van der Waals surface area contributed by atoms with Gasteiger partial charge in [0.05, 0.1) is 25.3 Å². The molecule has 2 rings (SSSR count). The standard InChI is InChI=1S/C11H13ClN2O5S/c1-18-11(15)9-7-14(4-5-19-9)20(16,17)10-6-13-3-2-8(10)12/h2-3,6,9H,4-5,7H2,1H3. The second kappa shape index (κ2) is 6.04. The Hall–Kier alpha value is -1.22. The third-order valence-corrected chi connectivity index (χ3v) is 5.18. The van der Waals surface area contributed by atoms with Crippen LogP contribution in [0.2, 0.25) is 5.02 Å². The van der Waals surface area contributed by atoms with Crippen molar-refractivity contribution in [2.45, 2.75) is 11.0 Å². The van der Waals surface area contributed by atoms with E-state index in [4.69, 9.17) is 16.3 Å². The first-order chi connectivity index (χ1) is 9.46. The van der Waals surface area contributed by atoms with E-state index in [1.165, 1.54) is 25.6 Å². The number of methoxy groups -OCH3 is 1. The van der Waals surface area contributed by atoms with Crippen LogP contribution in [0.1, 0.15) is 0 Å². The van der Waals surface area contributed by atoms with Crippen molar-refractivity contribution in [1.29, 1.82) is 0 Å². The van der Waals surface area contributed by atoms with Crippen LogP contribution in [0, 0.1) is 0 Å². The second-order valence-electron chi connectivity index (χ2n) is 4.05. The number of sulfonamides is 1. The lowest BCUT2D eigenvalue weighted by Gasteiger charge is -2.30.